The number of hydrogen-bond acceptors (Lipinski definition) is 8. The van der Waals surface area contributed by atoms with Gasteiger partial charge >= 0.3 is 5.97 Å². The molecular formula is C29H25N3O5S. The van der Waals surface area contributed by atoms with Crippen LogP contribution < -0.4 is 24.4 Å². The first-order valence-corrected chi connectivity index (χ1v) is 12.8. The highest BCUT2D eigenvalue weighted by atomic mass is 32.1. The standard InChI is InChI=1S/C29H25N3O5S/c1-4-37-28(34)24-25(19-8-6-5-7-9-19)31-29-32(26(24)20-10-11-21(35-2)22(17-20)36-3)27(33)23(38-29)16-18-12-14-30-15-13-18/h5-17,26H,4H2,1-3H3/b23-16-/t26-/m0/s1. The van der Waals surface area contributed by atoms with E-state index in [9.17, 15) is 9.59 Å². The van der Waals surface area contributed by atoms with Crippen LogP contribution in [0.5, 0.6) is 11.5 Å². The normalized spacial score (nSPS) is 15.0. The first-order chi connectivity index (χ1) is 18.5. The van der Waals surface area contributed by atoms with Gasteiger partial charge in [0.15, 0.2) is 16.3 Å². The summed E-state index contributed by atoms with van der Waals surface area (Å²) in [5, 5.41) is 0. The van der Waals surface area contributed by atoms with Gasteiger partial charge in [-0.15, -0.1) is 0 Å². The molecule has 9 heteroatoms. The molecule has 5 rings (SSSR count). The summed E-state index contributed by atoms with van der Waals surface area (Å²) < 4.78 is 18.5. The van der Waals surface area contributed by atoms with Crippen molar-refractivity contribution in [2.45, 2.75) is 13.0 Å². The molecular weight excluding hydrogens is 502 g/mol. The van der Waals surface area contributed by atoms with E-state index in [2.05, 4.69) is 4.98 Å². The minimum Gasteiger partial charge on any atom is -0.493 e. The predicted molar refractivity (Wildman–Crippen MR) is 145 cm³/mol. The molecule has 0 saturated heterocycles. The van der Waals surface area contributed by atoms with E-state index in [1.807, 2.05) is 48.5 Å². The summed E-state index contributed by atoms with van der Waals surface area (Å²) in [6, 6.07) is 17.6. The van der Waals surface area contributed by atoms with Gasteiger partial charge in [-0.25, -0.2) is 9.79 Å². The maximum atomic E-state index is 13.9. The Labute approximate surface area is 222 Å². The van der Waals surface area contributed by atoms with Crippen molar-refractivity contribution in [1.29, 1.82) is 0 Å². The van der Waals surface area contributed by atoms with E-state index in [1.165, 1.54) is 11.3 Å². The van der Waals surface area contributed by atoms with Gasteiger partial charge in [-0.05, 0) is 48.4 Å². The molecule has 2 aromatic carbocycles. The van der Waals surface area contributed by atoms with Crippen molar-refractivity contribution < 1.29 is 19.0 Å². The molecule has 0 aliphatic carbocycles. The van der Waals surface area contributed by atoms with Gasteiger partial charge in [0.05, 0.1) is 42.7 Å². The second-order valence-corrected chi connectivity index (χ2v) is 9.34. The number of methoxy groups -OCH3 is 2. The largest absolute Gasteiger partial charge is 0.493 e. The molecule has 2 aromatic heterocycles. The fourth-order valence-corrected chi connectivity index (χ4v) is 5.39. The Hall–Kier alpha value is -4.50. The summed E-state index contributed by atoms with van der Waals surface area (Å²) in [6.45, 7) is 1.92. The number of rotatable bonds is 7. The Morgan fingerprint density at radius 2 is 1.76 bits per heavy atom. The number of ether oxygens (including phenoxy) is 3. The Kier molecular flexibility index (Phi) is 7.19. The van der Waals surface area contributed by atoms with Crippen LogP contribution in [0.4, 0.5) is 0 Å². The number of nitrogens with zero attached hydrogens (tertiary/aromatic N) is 3. The van der Waals surface area contributed by atoms with Crippen LogP contribution in [-0.2, 0) is 9.53 Å². The number of pyridine rings is 1. The van der Waals surface area contributed by atoms with Crippen LogP contribution in [0.1, 0.15) is 29.7 Å². The number of benzene rings is 2. The van der Waals surface area contributed by atoms with Gasteiger partial charge in [0.25, 0.3) is 5.56 Å². The maximum Gasteiger partial charge on any atom is 0.338 e. The number of carbonyl (C=O) groups excluding carboxylic acids is 1. The predicted octanol–water partition coefficient (Wildman–Crippen LogP) is 3.35. The highest BCUT2D eigenvalue weighted by Gasteiger charge is 2.35. The van der Waals surface area contributed by atoms with Crippen LogP contribution in [0.25, 0.3) is 11.8 Å². The van der Waals surface area contributed by atoms with E-state index in [0.717, 1.165) is 11.1 Å². The molecule has 0 amide bonds. The fraction of sp³-hybridized carbons (Fsp3) is 0.172. The van der Waals surface area contributed by atoms with Crippen molar-refractivity contribution in [3.63, 3.8) is 0 Å². The Bertz CT molecular complexity index is 1690. The van der Waals surface area contributed by atoms with Gasteiger partial charge in [-0.2, -0.15) is 0 Å². The third kappa shape index (κ3) is 4.64. The third-order valence-corrected chi connectivity index (χ3v) is 7.08. The second-order valence-electron chi connectivity index (χ2n) is 8.33. The SMILES string of the molecule is CCOC(=O)C1=C(c2ccccc2)N=c2s/c(=C\c3ccncc3)c(=O)n2[C@H]1c1ccc(OC)c(OC)c1. The monoisotopic (exact) mass is 527 g/mol. The number of hydrogen-bond donors (Lipinski definition) is 0. The minimum atomic E-state index is -0.806. The second kappa shape index (κ2) is 10.9. The van der Waals surface area contributed by atoms with Crippen molar-refractivity contribution in [3.05, 3.63) is 115 Å². The van der Waals surface area contributed by atoms with Crippen molar-refractivity contribution in [3.8, 4) is 11.5 Å². The van der Waals surface area contributed by atoms with Crippen LogP contribution in [0, 0.1) is 0 Å². The topological polar surface area (TPSA) is 92.0 Å². The van der Waals surface area contributed by atoms with Gasteiger partial charge < -0.3 is 14.2 Å². The van der Waals surface area contributed by atoms with E-state index >= 15 is 0 Å². The van der Waals surface area contributed by atoms with E-state index < -0.39 is 12.0 Å². The Morgan fingerprint density at radius 3 is 2.45 bits per heavy atom. The lowest BCUT2D eigenvalue weighted by atomic mass is 9.93. The number of esters is 1. The van der Waals surface area contributed by atoms with Crippen LogP contribution in [0.3, 0.4) is 0 Å². The molecule has 0 spiro atoms. The summed E-state index contributed by atoms with van der Waals surface area (Å²) in [5.74, 6) is 0.468. The van der Waals surface area contributed by atoms with E-state index in [1.54, 1.807) is 56.3 Å². The zero-order valence-electron chi connectivity index (χ0n) is 21.1. The average molecular weight is 528 g/mol. The molecule has 1 aliphatic heterocycles. The zero-order chi connectivity index (χ0) is 26.6. The smallest absolute Gasteiger partial charge is 0.338 e. The first-order valence-electron chi connectivity index (χ1n) is 12.0. The average Bonchev–Trinajstić information content (AvgIpc) is 3.27. The molecule has 0 N–H and O–H groups in total. The number of carbonyl (C=O) groups is 1. The van der Waals surface area contributed by atoms with E-state index in [4.69, 9.17) is 19.2 Å². The van der Waals surface area contributed by atoms with Crippen LogP contribution in [0.2, 0.25) is 0 Å². The van der Waals surface area contributed by atoms with Crippen LogP contribution in [0.15, 0.2) is 88.4 Å². The van der Waals surface area contributed by atoms with Crippen molar-refractivity contribution in [2.75, 3.05) is 20.8 Å². The van der Waals surface area contributed by atoms with Crippen molar-refractivity contribution in [1.82, 2.24) is 9.55 Å². The molecule has 192 valence electrons. The van der Waals surface area contributed by atoms with Crippen LogP contribution >= 0.6 is 11.3 Å². The van der Waals surface area contributed by atoms with Gasteiger partial charge in [0, 0.05) is 18.0 Å². The third-order valence-electron chi connectivity index (χ3n) is 6.10. The highest BCUT2D eigenvalue weighted by Crippen LogP contribution is 2.38. The summed E-state index contributed by atoms with van der Waals surface area (Å²) in [7, 11) is 3.09. The van der Waals surface area contributed by atoms with Gasteiger partial charge in [0.1, 0.15) is 0 Å². The molecule has 1 atom stereocenters. The highest BCUT2D eigenvalue weighted by molar-refractivity contribution is 7.07. The summed E-state index contributed by atoms with van der Waals surface area (Å²) in [6.07, 6.45) is 5.14. The lowest BCUT2D eigenvalue weighted by molar-refractivity contribution is -0.138. The van der Waals surface area contributed by atoms with Gasteiger partial charge in [-0.1, -0.05) is 47.7 Å². The first kappa shape index (κ1) is 25.2. The number of thiazole rings is 1. The molecule has 38 heavy (non-hydrogen) atoms. The summed E-state index contributed by atoms with van der Waals surface area (Å²) in [5.41, 5.74) is 2.70. The zero-order valence-corrected chi connectivity index (χ0v) is 21.9. The quantitative estimate of drug-likeness (QED) is 0.343. The van der Waals surface area contributed by atoms with E-state index in [-0.39, 0.29) is 17.7 Å². The number of fused-ring (bicyclic) bond motifs is 1. The molecule has 3 heterocycles. The molecule has 0 fully saturated rings. The minimum absolute atomic E-state index is 0.176. The lowest BCUT2D eigenvalue weighted by Gasteiger charge is -2.26. The molecule has 0 unspecified atom stereocenters. The molecule has 0 bridgehead atoms. The Balaban J connectivity index is 1.85. The Morgan fingerprint density at radius 1 is 1.03 bits per heavy atom. The fourth-order valence-electron chi connectivity index (χ4n) is 4.39. The lowest BCUT2D eigenvalue weighted by Crippen LogP contribution is -2.40. The molecule has 8 nitrogen and oxygen atoms in total. The van der Waals surface area contributed by atoms with Crippen molar-refractivity contribution >= 4 is 29.1 Å². The van der Waals surface area contributed by atoms with E-state index in [0.29, 0.717) is 32.1 Å². The molecule has 0 radical (unpaired) electrons. The van der Waals surface area contributed by atoms with Crippen molar-refractivity contribution in [2.24, 2.45) is 4.99 Å². The summed E-state index contributed by atoms with van der Waals surface area (Å²) in [4.78, 5) is 36.8. The molecule has 4 aromatic rings. The van der Waals surface area contributed by atoms with Gasteiger partial charge in [0.2, 0.25) is 0 Å². The summed E-state index contributed by atoms with van der Waals surface area (Å²) >= 11 is 1.26. The molecule has 0 saturated carbocycles. The van der Waals surface area contributed by atoms with Crippen LogP contribution in [-0.4, -0.2) is 36.3 Å². The molecule has 1 aliphatic rings. The maximum absolute atomic E-state index is 13.9. The van der Waals surface area contributed by atoms with Gasteiger partial charge in [-0.3, -0.25) is 14.3 Å². The number of aromatic nitrogens is 2.